The van der Waals surface area contributed by atoms with Crippen LogP contribution < -0.4 is 16.0 Å². The van der Waals surface area contributed by atoms with Crippen molar-refractivity contribution in [2.75, 3.05) is 18.4 Å². The van der Waals surface area contributed by atoms with Crippen LogP contribution in [-0.4, -0.2) is 30.0 Å². The molecule has 0 bridgehead atoms. The molecule has 0 fully saturated rings. The molecule has 0 radical (unpaired) electrons. The van der Waals surface area contributed by atoms with Crippen LogP contribution in [0.25, 0.3) is 0 Å². The van der Waals surface area contributed by atoms with Gasteiger partial charge < -0.3 is 15.1 Å². The van der Waals surface area contributed by atoms with Crippen molar-refractivity contribution in [3.05, 3.63) is 48.6 Å². The summed E-state index contributed by atoms with van der Waals surface area (Å²) in [6.45, 7) is 0.598. The molecule has 0 atom stereocenters. The monoisotopic (exact) mass is 274 g/mol. The molecule has 0 aliphatic rings. The Hall–Kier alpha value is -2.83. The SMILES string of the molecule is O=C(NCCNC(=O)c1ccco1)Nc1ccccn1. The minimum Gasteiger partial charge on any atom is -0.459 e. The fraction of sp³-hybridized carbons (Fsp3) is 0.154. The van der Waals surface area contributed by atoms with Gasteiger partial charge in [-0.05, 0) is 24.3 Å². The van der Waals surface area contributed by atoms with Gasteiger partial charge in [-0.15, -0.1) is 0 Å². The number of amides is 3. The van der Waals surface area contributed by atoms with Gasteiger partial charge in [0.05, 0.1) is 6.26 Å². The standard InChI is InChI=1S/C13H14N4O3/c18-12(10-4-3-9-20-10)15-7-8-16-13(19)17-11-5-1-2-6-14-11/h1-6,9H,7-8H2,(H,15,18)(H2,14,16,17,19). The third-order valence-corrected chi connectivity index (χ3v) is 2.35. The number of carbonyl (C=O) groups excluding carboxylic acids is 2. The predicted octanol–water partition coefficient (Wildman–Crippen LogP) is 1.23. The first-order valence-corrected chi connectivity index (χ1v) is 6.03. The summed E-state index contributed by atoms with van der Waals surface area (Å²) in [5.41, 5.74) is 0. The van der Waals surface area contributed by atoms with Crippen LogP contribution in [-0.2, 0) is 0 Å². The summed E-state index contributed by atoms with van der Waals surface area (Å²) >= 11 is 0. The summed E-state index contributed by atoms with van der Waals surface area (Å²) in [5, 5.41) is 7.78. The molecule has 2 heterocycles. The van der Waals surface area contributed by atoms with E-state index >= 15 is 0 Å². The van der Waals surface area contributed by atoms with Gasteiger partial charge in [0.2, 0.25) is 0 Å². The van der Waals surface area contributed by atoms with Crippen molar-refractivity contribution >= 4 is 17.8 Å². The lowest BCUT2D eigenvalue weighted by Gasteiger charge is -2.07. The van der Waals surface area contributed by atoms with E-state index in [9.17, 15) is 9.59 Å². The average Bonchev–Trinajstić information content (AvgIpc) is 2.99. The molecule has 0 aromatic carbocycles. The van der Waals surface area contributed by atoms with Gasteiger partial charge in [0.15, 0.2) is 5.76 Å². The number of rotatable bonds is 5. The average molecular weight is 274 g/mol. The zero-order valence-electron chi connectivity index (χ0n) is 10.6. The van der Waals surface area contributed by atoms with Crippen molar-refractivity contribution in [3.63, 3.8) is 0 Å². The third kappa shape index (κ3) is 4.13. The molecule has 20 heavy (non-hydrogen) atoms. The molecule has 0 aliphatic heterocycles. The lowest BCUT2D eigenvalue weighted by atomic mass is 10.4. The number of anilines is 1. The van der Waals surface area contributed by atoms with Crippen molar-refractivity contribution in [3.8, 4) is 0 Å². The Bertz CT molecular complexity index is 554. The summed E-state index contributed by atoms with van der Waals surface area (Å²) in [6.07, 6.45) is 3.01. The summed E-state index contributed by atoms with van der Waals surface area (Å²) in [5.74, 6) is 0.384. The maximum absolute atomic E-state index is 11.5. The highest BCUT2D eigenvalue weighted by Gasteiger charge is 2.07. The number of pyridine rings is 1. The van der Waals surface area contributed by atoms with Crippen molar-refractivity contribution in [1.82, 2.24) is 15.6 Å². The first-order chi connectivity index (χ1) is 9.75. The Labute approximate surface area is 115 Å². The van der Waals surface area contributed by atoms with Crippen LogP contribution in [0.15, 0.2) is 47.2 Å². The number of aromatic nitrogens is 1. The zero-order valence-corrected chi connectivity index (χ0v) is 10.6. The molecule has 0 saturated carbocycles. The van der Waals surface area contributed by atoms with Crippen LogP contribution in [0.4, 0.5) is 10.6 Å². The fourth-order valence-electron chi connectivity index (χ4n) is 1.44. The zero-order chi connectivity index (χ0) is 14.2. The molecule has 2 aromatic rings. The number of urea groups is 1. The number of carbonyl (C=O) groups is 2. The van der Waals surface area contributed by atoms with E-state index in [1.165, 1.54) is 6.26 Å². The molecule has 104 valence electrons. The minimum atomic E-state index is -0.379. The normalized spacial score (nSPS) is 9.80. The van der Waals surface area contributed by atoms with Crippen LogP contribution in [0.2, 0.25) is 0 Å². The topological polar surface area (TPSA) is 96.3 Å². The number of nitrogens with one attached hydrogen (secondary N) is 3. The molecule has 0 aliphatic carbocycles. The van der Waals surface area contributed by atoms with Crippen molar-refractivity contribution < 1.29 is 14.0 Å². The highest BCUT2D eigenvalue weighted by atomic mass is 16.3. The molecule has 3 amide bonds. The first kappa shape index (κ1) is 13.6. The Kier molecular flexibility index (Phi) is 4.71. The molecule has 7 heteroatoms. The van der Waals surface area contributed by atoms with Crippen molar-refractivity contribution in [2.45, 2.75) is 0 Å². The highest BCUT2D eigenvalue weighted by Crippen LogP contribution is 1.99. The number of nitrogens with zero attached hydrogens (tertiary/aromatic N) is 1. The second-order valence-electron chi connectivity index (χ2n) is 3.83. The summed E-state index contributed by atoms with van der Waals surface area (Å²) in [6, 6.07) is 8.03. The van der Waals surface area contributed by atoms with Gasteiger partial charge in [0.1, 0.15) is 5.82 Å². The lowest BCUT2D eigenvalue weighted by molar-refractivity contribution is 0.0926. The van der Waals surface area contributed by atoms with Crippen molar-refractivity contribution in [2.24, 2.45) is 0 Å². The van der Waals surface area contributed by atoms with Gasteiger partial charge in [0, 0.05) is 19.3 Å². The molecule has 3 N–H and O–H groups in total. The molecule has 0 spiro atoms. The van der Waals surface area contributed by atoms with Gasteiger partial charge in [-0.3, -0.25) is 10.1 Å². The summed E-state index contributed by atoms with van der Waals surface area (Å²) < 4.78 is 4.93. The first-order valence-electron chi connectivity index (χ1n) is 6.03. The maximum atomic E-state index is 11.5. The maximum Gasteiger partial charge on any atom is 0.320 e. The molecule has 0 unspecified atom stereocenters. The van der Waals surface area contributed by atoms with Gasteiger partial charge in [0.25, 0.3) is 5.91 Å². The van der Waals surface area contributed by atoms with E-state index in [0.717, 1.165) is 0 Å². The minimum absolute atomic E-state index is 0.239. The molecule has 2 rings (SSSR count). The van der Waals surface area contributed by atoms with E-state index in [-0.39, 0.29) is 17.7 Å². The second kappa shape index (κ2) is 6.93. The highest BCUT2D eigenvalue weighted by molar-refractivity contribution is 5.91. The van der Waals surface area contributed by atoms with E-state index in [4.69, 9.17) is 4.42 Å². The smallest absolute Gasteiger partial charge is 0.320 e. The largest absolute Gasteiger partial charge is 0.459 e. The summed E-state index contributed by atoms with van der Waals surface area (Å²) in [4.78, 5) is 26.9. The number of hydrogen-bond donors (Lipinski definition) is 3. The van der Waals surface area contributed by atoms with Gasteiger partial charge >= 0.3 is 6.03 Å². The Morgan fingerprint density at radius 2 is 1.95 bits per heavy atom. The number of furan rings is 1. The quantitative estimate of drug-likeness (QED) is 0.714. The van der Waals surface area contributed by atoms with Crippen LogP contribution in [0.5, 0.6) is 0 Å². The van der Waals surface area contributed by atoms with Gasteiger partial charge in [-0.1, -0.05) is 6.07 Å². The van der Waals surface area contributed by atoms with Crippen LogP contribution >= 0.6 is 0 Å². The van der Waals surface area contributed by atoms with E-state index in [2.05, 4.69) is 20.9 Å². The predicted molar refractivity (Wildman–Crippen MR) is 72.3 cm³/mol. The number of hydrogen-bond acceptors (Lipinski definition) is 4. The fourth-order valence-corrected chi connectivity index (χ4v) is 1.44. The van der Waals surface area contributed by atoms with Gasteiger partial charge in [-0.25, -0.2) is 9.78 Å². The van der Waals surface area contributed by atoms with E-state index in [1.54, 1.807) is 36.5 Å². The summed E-state index contributed by atoms with van der Waals surface area (Å²) in [7, 11) is 0. The molecular formula is C13H14N4O3. The van der Waals surface area contributed by atoms with E-state index in [1.807, 2.05) is 0 Å². The molecule has 2 aromatic heterocycles. The second-order valence-corrected chi connectivity index (χ2v) is 3.83. The van der Waals surface area contributed by atoms with E-state index in [0.29, 0.717) is 18.9 Å². The molecule has 7 nitrogen and oxygen atoms in total. The Morgan fingerprint density at radius 3 is 2.65 bits per heavy atom. The lowest BCUT2D eigenvalue weighted by Crippen LogP contribution is -2.36. The molecular weight excluding hydrogens is 260 g/mol. The van der Waals surface area contributed by atoms with Crippen LogP contribution in [0.3, 0.4) is 0 Å². The Balaban J connectivity index is 1.64. The van der Waals surface area contributed by atoms with Crippen LogP contribution in [0.1, 0.15) is 10.6 Å². The Morgan fingerprint density at radius 1 is 1.10 bits per heavy atom. The van der Waals surface area contributed by atoms with E-state index < -0.39 is 0 Å². The molecule has 0 saturated heterocycles. The van der Waals surface area contributed by atoms with Gasteiger partial charge in [-0.2, -0.15) is 0 Å². The van der Waals surface area contributed by atoms with Crippen molar-refractivity contribution in [1.29, 1.82) is 0 Å². The van der Waals surface area contributed by atoms with Crippen LogP contribution in [0, 0.1) is 0 Å². The third-order valence-electron chi connectivity index (χ3n) is 2.35.